The largest absolute Gasteiger partial charge is 0.363 e. The molecule has 1 aromatic heterocycles. The molecule has 1 aromatic carbocycles. The van der Waals surface area contributed by atoms with E-state index < -0.39 is 10.0 Å². The topological polar surface area (TPSA) is 53.5 Å². The average Bonchev–Trinajstić information content (AvgIpc) is 2.62. The van der Waals surface area contributed by atoms with E-state index in [0.29, 0.717) is 11.4 Å². The second-order valence-electron chi connectivity index (χ2n) is 7.18. The van der Waals surface area contributed by atoms with Gasteiger partial charge in [0.05, 0.1) is 10.9 Å². The number of pyridine rings is 1. The zero-order valence-electron chi connectivity index (χ0n) is 15.9. The van der Waals surface area contributed by atoms with E-state index in [-0.39, 0.29) is 6.04 Å². The van der Waals surface area contributed by atoms with Gasteiger partial charge >= 0.3 is 0 Å². The van der Waals surface area contributed by atoms with Crippen molar-refractivity contribution < 1.29 is 8.42 Å². The first-order valence-corrected chi connectivity index (χ1v) is 10.5. The van der Waals surface area contributed by atoms with Crippen LogP contribution in [0, 0.1) is 13.8 Å². The van der Waals surface area contributed by atoms with Gasteiger partial charge in [-0.1, -0.05) is 30.2 Å². The van der Waals surface area contributed by atoms with Crippen molar-refractivity contribution in [1.82, 2.24) is 9.29 Å². The first-order chi connectivity index (χ1) is 12.3. The van der Waals surface area contributed by atoms with Crippen molar-refractivity contribution in [3.05, 3.63) is 53.2 Å². The number of nitrogens with zero attached hydrogens (tertiary/aromatic N) is 3. The van der Waals surface area contributed by atoms with Crippen LogP contribution in [0.2, 0.25) is 0 Å². The number of hydrogen-bond donors (Lipinski definition) is 0. The molecule has 6 heteroatoms. The number of benzene rings is 1. The molecule has 0 amide bonds. The molecule has 5 nitrogen and oxygen atoms in total. The van der Waals surface area contributed by atoms with E-state index in [0.717, 1.165) is 41.9 Å². The van der Waals surface area contributed by atoms with Crippen LogP contribution in [0.25, 0.3) is 0 Å². The zero-order chi connectivity index (χ0) is 18.9. The van der Waals surface area contributed by atoms with Crippen LogP contribution in [0.5, 0.6) is 0 Å². The Bertz CT molecular complexity index is 876. The standard InChI is InChI=1S/C20H27N3O2S/c1-15-8-10-17(11-9-15)26(24,25)23-14-6-5-7-19(23)18-12-13-20(22(3)4)21-16(18)2/h8-13,19H,5-7,14H2,1-4H3. The Morgan fingerprint density at radius 2 is 1.73 bits per heavy atom. The van der Waals surface area contributed by atoms with Crippen molar-refractivity contribution in [1.29, 1.82) is 0 Å². The molecule has 1 aliphatic heterocycles. The van der Waals surface area contributed by atoms with E-state index in [1.165, 1.54) is 0 Å². The van der Waals surface area contributed by atoms with Crippen molar-refractivity contribution in [3.63, 3.8) is 0 Å². The highest BCUT2D eigenvalue weighted by atomic mass is 32.2. The molecule has 1 aliphatic rings. The summed E-state index contributed by atoms with van der Waals surface area (Å²) in [7, 11) is 0.385. The lowest BCUT2D eigenvalue weighted by molar-refractivity contribution is 0.255. The van der Waals surface area contributed by atoms with Gasteiger partial charge in [-0.05, 0) is 50.5 Å². The van der Waals surface area contributed by atoms with Gasteiger partial charge in [-0.15, -0.1) is 0 Å². The molecule has 1 unspecified atom stereocenters. The molecule has 26 heavy (non-hydrogen) atoms. The van der Waals surface area contributed by atoms with Crippen LogP contribution in [0.15, 0.2) is 41.3 Å². The summed E-state index contributed by atoms with van der Waals surface area (Å²) in [4.78, 5) is 6.98. The van der Waals surface area contributed by atoms with Crippen molar-refractivity contribution in [3.8, 4) is 0 Å². The average molecular weight is 374 g/mol. The van der Waals surface area contributed by atoms with Gasteiger partial charge in [-0.25, -0.2) is 13.4 Å². The van der Waals surface area contributed by atoms with Gasteiger partial charge in [0.1, 0.15) is 5.82 Å². The van der Waals surface area contributed by atoms with E-state index in [2.05, 4.69) is 4.98 Å². The molecule has 140 valence electrons. The van der Waals surface area contributed by atoms with Crippen LogP contribution in [0.4, 0.5) is 5.82 Å². The third kappa shape index (κ3) is 3.62. The molecule has 2 heterocycles. The number of sulfonamides is 1. The molecular weight excluding hydrogens is 346 g/mol. The fourth-order valence-corrected chi connectivity index (χ4v) is 5.18. The third-order valence-corrected chi connectivity index (χ3v) is 6.93. The summed E-state index contributed by atoms with van der Waals surface area (Å²) < 4.78 is 28.2. The second kappa shape index (κ2) is 7.37. The summed E-state index contributed by atoms with van der Waals surface area (Å²) in [5, 5.41) is 0. The molecule has 0 bridgehead atoms. The lowest BCUT2D eigenvalue weighted by Gasteiger charge is -2.35. The van der Waals surface area contributed by atoms with Gasteiger partial charge in [-0.2, -0.15) is 4.31 Å². The fourth-order valence-electron chi connectivity index (χ4n) is 3.51. The molecule has 0 saturated carbocycles. The second-order valence-corrected chi connectivity index (χ2v) is 9.07. The lowest BCUT2D eigenvalue weighted by atomic mass is 9.96. The summed E-state index contributed by atoms with van der Waals surface area (Å²) in [5.74, 6) is 0.884. The van der Waals surface area contributed by atoms with E-state index in [4.69, 9.17) is 0 Å². The fraction of sp³-hybridized carbons (Fsp3) is 0.450. The summed E-state index contributed by atoms with van der Waals surface area (Å²) in [6.07, 6.45) is 2.75. The van der Waals surface area contributed by atoms with E-state index in [1.807, 2.05) is 57.1 Å². The predicted molar refractivity (Wildman–Crippen MR) is 105 cm³/mol. The lowest BCUT2D eigenvalue weighted by Crippen LogP contribution is -2.38. The van der Waals surface area contributed by atoms with E-state index in [1.54, 1.807) is 16.4 Å². The van der Waals surface area contributed by atoms with Crippen molar-refractivity contribution >= 4 is 15.8 Å². The quantitative estimate of drug-likeness (QED) is 0.820. The molecule has 1 atom stereocenters. The van der Waals surface area contributed by atoms with Crippen LogP contribution in [0.3, 0.4) is 0 Å². The van der Waals surface area contributed by atoms with Crippen molar-refractivity contribution in [2.75, 3.05) is 25.5 Å². The third-order valence-electron chi connectivity index (χ3n) is 5.01. The highest BCUT2D eigenvalue weighted by Gasteiger charge is 2.35. The van der Waals surface area contributed by atoms with Crippen LogP contribution in [-0.2, 0) is 10.0 Å². The number of aryl methyl sites for hydroxylation is 2. The number of aromatic nitrogens is 1. The SMILES string of the molecule is Cc1ccc(S(=O)(=O)N2CCCCC2c2ccc(N(C)C)nc2C)cc1. The molecule has 1 saturated heterocycles. The summed E-state index contributed by atoms with van der Waals surface area (Å²) in [5.41, 5.74) is 2.96. The smallest absolute Gasteiger partial charge is 0.243 e. The number of anilines is 1. The molecule has 0 aliphatic carbocycles. The molecule has 0 radical (unpaired) electrons. The molecule has 0 N–H and O–H groups in total. The number of piperidine rings is 1. The Balaban J connectivity index is 1.99. The Labute approximate surface area is 156 Å². The maximum Gasteiger partial charge on any atom is 0.243 e. The molecule has 3 rings (SSSR count). The minimum absolute atomic E-state index is 0.154. The Morgan fingerprint density at radius 1 is 1.04 bits per heavy atom. The molecule has 0 spiro atoms. The Morgan fingerprint density at radius 3 is 2.35 bits per heavy atom. The van der Waals surface area contributed by atoms with Crippen LogP contribution in [-0.4, -0.2) is 38.3 Å². The van der Waals surface area contributed by atoms with Crippen LogP contribution in [0.1, 0.15) is 42.1 Å². The number of rotatable bonds is 4. The highest BCUT2D eigenvalue weighted by molar-refractivity contribution is 7.89. The van der Waals surface area contributed by atoms with Gasteiger partial charge < -0.3 is 4.90 Å². The minimum atomic E-state index is -3.52. The maximum absolute atomic E-state index is 13.3. The predicted octanol–water partition coefficient (Wildman–Crippen LogP) is 3.68. The Kier molecular flexibility index (Phi) is 5.34. The highest BCUT2D eigenvalue weighted by Crippen LogP contribution is 2.36. The normalized spacial score (nSPS) is 18.7. The van der Waals surface area contributed by atoms with Gasteiger partial charge in [0, 0.05) is 26.3 Å². The molecule has 1 fully saturated rings. The van der Waals surface area contributed by atoms with E-state index >= 15 is 0 Å². The zero-order valence-corrected chi connectivity index (χ0v) is 16.8. The molecular formula is C20H27N3O2S. The van der Waals surface area contributed by atoms with Crippen molar-refractivity contribution in [2.45, 2.75) is 44.0 Å². The summed E-state index contributed by atoms with van der Waals surface area (Å²) in [6, 6.07) is 11.0. The minimum Gasteiger partial charge on any atom is -0.363 e. The van der Waals surface area contributed by atoms with Gasteiger partial charge in [0.15, 0.2) is 0 Å². The van der Waals surface area contributed by atoms with Gasteiger partial charge in [0.25, 0.3) is 0 Å². The van der Waals surface area contributed by atoms with Gasteiger partial charge in [-0.3, -0.25) is 0 Å². The summed E-state index contributed by atoms with van der Waals surface area (Å²) >= 11 is 0. The van der Waals surface area contributed by atoms with Crippen molar-refractivity contribution in [2.24, 2.45) is 0 Å². The van der Waals surface area contributed by atoms with Gasteiger partial charge in [0.2, 0.25) is 10.0 Å². The first-order valence-electron chi connectivity index (χ1n) is 9.04. The van der Waals surface area contributed by atoms with Crippen LogP contribution < -0.4 is 4.90 Å². The monoisotopic (exact) mass is 373 g/mol. The maximum atomic E-state index is 13.3. The number of hydrogen-bond acceptors (Lipinski definition) is 4. The molecule has 2 aromatic rings. The van der Waals surface area contributed by atoms with E-state index in [9.17, 15) is 8.42 Å². The van der Waals surface area contributed by atoms with Crippen LogP contribution >= 0.6 is 0 Å². The Hall–Kier alpha value is -1.92. The summed E-state index contributed by atoms with van der Waals surface area (Å²) in [6.45, 7) is 4.48. The first kappa shape index (κ1) is 18.9.